The van der Waals surface area contributed by atoms with Gasteiger partial charge in [-0.25, -0.2) is 0 Å². The highest BCUT2D eigenvalue weighted by molar-refractivity contribution is 5.85. The Morgan fingerprint density at radius 1 is 1.47 bits per heavy atom. The van der Waals surface area contributed by atoms with Gasteiger partial charge >= 0.3 is 0 Å². The molecule has 1 aliphatic carbocycles. The van der Waals surface area contributed by atoms with Crippen molar-refractivity contribution in [1.29, 1.82) is 0 Å². The summed E-state index contributed by atoms with van der Waals surface area (Å²) in [5.41, 5.74) is 0.391. The molecule has 1 rings (SSSR count). The van der Waals surface area contributed by atoms with E-state index in [1.807, 2.05) is 0 Å². The molecule has 1 amide bonds. The zero-order valence-corrected chi connectivity index (χ0v) is 10.3. The number of rotatable bonds is 7. The number of carbonyl (C=O) groups excluding carboxylic acids is 1. The molecule has 0 aromatic rings. The summed E-state index contributed by atoms with van der Waals surface area (Å²) in [4.78, 5) is 11.3. The lowest BCUT2D eigenvalue weighted by atomic mass is 10.1. The minimum Gasteiger partial charge on any atom is -0.383 e. The Kier molecular flexibility index (Phi) is 6.89. The molecular weight excluding hydrogens is 216 g/mol. The molecule has 0 heterocycles. The van der Waals surface area contributed by atoms with Crippen LogP contribution < -0.4 is 10.6 Å². The summed E-state index contributed by atoms with van der Waals surface area (Å²) < 4.78 is 4.85. The van der Waals surface area contributed by atoms with Crippen molar-refractivity contribution in [3.05, 3.63) is 0 Å². The van der Waals surface area contributed by atoms with Gasteiger partial charge in [0, 0.05) is 20.2 Å². The largest absolute Gasteiger partial charge is 0.383 e. The first kappa shape index (κ1) is 14.7. The van der Waals surface area contributed by atoms with Crippen molar-refractivity contribution in [2.75, 3.05) is 33.4 Å². The highest BCUT2D eigenvalue weighted by Crippen LogP contribution is 2.43. The van der Waals surface area contributed by atoms with Gasteiger partial charge in [0.25, 0.3) is 0 Å². The summed E-state index contributed by atoms with van der Waals surface area (Å²) >= 11 is 0. The minimum atomic E-state index is 0. The number of hydrogen-bond acceptors (Lipinski definition) is 3. The van der Waals surface area contributed by atoms with Crippen molar-refractivity contribution < 1.29 is 9.53 Å². The lowest BCUT2D eigenvalue weighted by molar-refractivity contribution is -0.120. The smallest absolute Gasteiger partial charge is 0.233 e. The zero-order valence-electron chi connectivity index (χ0n) is 9.47. The van der Waals surface area contributed by atoms with Crippen molar-refractivity contribution in [3.8, 4) is 0 Å². The average molecular weight is 237 g/mol. The summed E-state index contributed by atoms with van der Waals surface area (Å²) in [5, 5.41) is 5.93. The Bertz CT molecular complexity index is 196. The molecule has 1 aliphatic rings. The Hall–Kier alpha value is -0.320. The molecular formula is C10H21ClN2O2. The summed E-state index contributed by atoms with van der Waals surface area (Å²) in [7, 11) is 1.65. The predicted molar refractivity (Wildman–Crippen MR) is 62.3 cm³/mol. The van der Waals surface area contributed by atoms with E-state index in [1.54, 1.807) is 7.11 Å². The van der Waals surface area contributed by atoms with E-state index in [1.165, 1.54) is 12.8 Å². The van der Waals surface area contributed by atoms with Crippen LogP contribution in [0.1, 0.15) is 19.8 Å². The van der Waals surface area contributed by atoms with Gasteiger partial charge in [-0.05, 0) is 18.3 Å². The van der Waals surface area contributed by atoms with E-state index in [0.29, 0.717) is 18.6 Å². The minimum absolute atomic E-state index is 0. The molecule has 0 spiro atoms. The van der Waals surface area contributed by atoms with Crippen LogP contribution >= 0.6 is 12.4 Å². The number of carbonyl (C=O) groups is 1. The van der Waals surface area contributed by atoms with Crippen LogP contribution in [0.3, 0.4) is 0 Å². The molecule has 0 aromatic carbocycles. The summed E-state index contributed by atoms with van der Waals surface area (Å²) in [6.07, 6.45) is 2.48. The number of nitrogens with one attached hydrogen (secondary N) is 2. The maximum atomic E-state index is 11.3. The number of halogens is 1. The maximum Gasteiger partial charge on any atom is 0.233 e. The number of methoxy groups -OCH3 is 1. The van der Waals surface area contributed by atoms with Crippen molar-refractivity contribution in [1.82, 2.24) is 10.6 Å². The quantitative estimate of drug-likeness (QED) is 0.636. The molecule has 0 atom stereocenters. The first-order valence-electron chi connectivity index (χ1n) is 5.13. The molecule has 0 unspecified atom stereocenters. The fraction of sp³-hybridized carbons (Fsp3) is 0.900. The topological polar surface area (TPSA) is 50.4 Å². The van der Waals surface area contributed by atoms with Crippen LogP contribution in [0.5, 0.6) is 0 Å². The van der Waals surface area contributed by atoms with E-state index in [0.717, 1.165) is 13.1 Å². The van der Waals surface area contributed by atoms with Crippen molar-refractivity contribution >= 4 is 18.3 Å². The molecule has 0 bridgehead atoms. The fourth-order valence-electron chi connectivity index (χ4n) is 1.14. The van der Waals surface area contributed by atoms with Gasteiger partial charge in [0.2, 0.25) is 5.91 Å². The van der Waals surface area contributed by atoms with E-state index in [2.05, 4.69) is 17.6 Å². The third kappa shape index (κ3) is 6.71. The SMILES string of the molecule is COCCNCC(=O)NCC1(C)CC1.Cl. The first-order chi connectivity index (χ1) is 6.66. The highest BCUT2D eigenvalue weighted by atomic mass is 35.5. The van der Waals surface area contributed by atoms with Gasteiger partial charge in [-0.15, -0.1) is 12.4 Å². The predicted octanol–water partition coefficient (Wildman–Crippen LogP) is 0.560. The van der Waals surface area contributed by atoms with Gasteiger partial charge in [0.15, 0.2) is 0 Å². The molecule has 90 valence electrons. The summed E-state index contributed by atoms with van der Waals surface area (Å²) in [5.74, 6) is 0.0780. The molecule has 0 radical (unpaired) electrons. The molecule has 2 N–H and O–H groups in total. The van der Waals surface area contributed by atoms with E-state index in [9.17, 15) is 4.79 Å². The highest BCUT2D eigenvalue weighted by Gasteiger charge is 2.37. The van der Waals surface area contributed by atoms with Gasteiger partial charge in [0.05, 0.1) is 13.2 Å². The van der Waals surface area contributed by atoms with Crippen molar-refractivity contribution in [3.63, 3.8) is 0 Å². The molecule has 0 aromatic heterocycles. The zero-order chi connectivity index (χ0) is 10.4. The normalized spacial score (nSPS) is 16.7. The van der Waals surface area contributed by atoms with E-state index >= 15 is 0 Å². The van der Waals surface area contributed by atoms with Gasteiger partial charge in [-0.3, -0.25) is 4.79 Å². The second-order valence-corrected chi connectivity index (χ2v) is 4.26. The van der Waals surface area contributed by atoms with Crippen LogP contribution in [0.15, 0.2) is 0 Å². The van der Waals surface area contributed by atoms with Crippen molar-refractivity contribution in [2.45, 2.75) is 19.8 Å². The Morgan fingerprint density at radius 2 is 2.13 bits per heavy atom. The number of amides is 1. The lowest BCUT2D eigenvalue weighted by Crippen LogP contribution is -2.37. The van der Waals surface area contributed by atoms with E-state index in [-0.39, 0.29) is 18.3 Å². The van der Waals surface area contributed by atoms with Gasteiger partial charge < -0.3 is 15.4 Å². The van der Waals surface area contributed by atoms with Crippen LogP contribution in [0.4, 0.5) is 0 Å². The second kappa shape index (κ2) is 7.04. The molecule has 1 fully saturated rings. The van der Waals surface area contributed by atoms with E-state index in [4.69, 9.17) is 4.74 Å². The van der Waals surface area contributed by atoms with Gasteiger partial charge in [-0.2, -0.15) is 0 Å². The molecule has 5 heteroatoms. The van der Waals surface area contributed by atoms with Crippen LogP contribution in [-0.4, -0.2) is 39.3 Å². The monoisotopic (exact) mass is 236 g/mol. The molecule has 0 saturated heterocycles. The Balaban J connectivity index is 0.00000196. The van der Waals surface area contributed by atoms with Crippen LogP contribution in [0.25, 0.3) is 0 Å². The van der Waals surface area contributed by atoms with Crippen LogP contribution in [0.2, 0.25) is 0 Å². The fourth-order valence-corrected chi connectivity index (χ4v) is 1.14. The average Bonchev–Trinajstić information content (AvgIpc) is 2.89. The standard InChI is InChI=1S/C10H20N2O2.ClH/c1-10(3-4-10)8-12-9(13)7-11-5-6-14-2;/h11H,3-8H2,1-2H3,(H,12,13);1H. The molecule has 4 nitrogen and oxygen atoms in total. The third-order valence-electron chi connectivity index (χ3n) is 2.58. The molecule has 1 saturated carbocycles. The molecule has 0 aliphatic heterocycles. The lowest BCUT2D eigenvalue weighted by Gasteiger charge is -2.10. The Morgan fingerprint density at radius 3 is 2.67 bits per heavy atom. The third-order valence-corrected chi connectivity index (χ3v) is 2.58. The van der Waals surface area contributed by atoms with Crippen LogP contribution in [0, 0.1) is 5.41 Å². The van der Waals surface area contributed by atoms with Gasteiger partial charge in [0.1, 0.15) is 0 Å². The molecule has 15 heavy (non-hydrogen) atoms. The van der Waals surface area contributed by atoms with Crippen LogP contribution in [-0.2, 0) is 9.53 Å². The second-order valence-electron chi connectivity index (χ2n) is 4.26. The van der Waals surface area contributed by atoms with Gasteiger partial charge in [-0.1, -0.05) is 6.92 Å². The van der Waals surface area contributed by atoms with Crippen molar-refractivity contribution in [2.24, 2.45) is 5.41 Å². The first-order valence-corrected chi connectivity index (χ1v) is 5.13. The van der Waals surface area contributed by atoms with E-state index < -0.39 is 0 Å². The summed E-state index contributed by atoms with van der Waals surface area (Å²) in [6, 6.07) is 0. The number of hydrogen-bond donors (Lipinski definition) is 2. The number of ether oxygens (including phenoxy) is 1. The summed E-state index contributed by atoms with van der Waals surface area (Å²) in [6.45, 7) is 4.77. The Labute approximate surface area is 97.5 Å². The maximum absolute atomic E-state index is 11.3.